The monoisotopic (exact) mass is 221 g/mol. The minimum Gasteiger partial charge on any atom is -0.368 e. The summed E-state index contributed by atoms with van der Waals surface area (Å²) in [5.74, 6) is 2.92. The van der Waals surface area contributed by atoms with Crippen LogP contribution in [0.15, 0.2) is 12.3 Å². The van der Waals surface area contributed by atoms with E-state index in [4.69, 9.17) is 0 Å². The molecule has 3 nitrogen and oxygen atoms in total. The van der Waals surface area contributed by atoms with Gasteiger partial charge in [-0.2, -0.15) is 5.10 Å². The third kappa shape index (κ3) is 3.80. The zero-order valence-corrected chi connectivity index (χ0v) is 11.0. The SMILES string of the molecule is Cc1cnnc(NCC(C(C)C)C(C)C)c1. The Kier molecular flexibility index (Phi) is 4.71. The van der Waals surface area contributed by atoms with Gasteiger partial charge in [0.25, 0.3) is 0 Å². The second-order valence-electron chi connectivity index (χ2n) is 5.15. The summed E-state index contributed by atoms with van der Waals surface area (Å²) in [5.41, 5.74) is 1.14. The molecule has 0 aliphatic heterocycles. The van der Waals surface area contributed by atoms with Gasteiger partial charge < -0.3 is 5.32 Å². The van der Waals surface area contributed by atoms with Crippen molar-refractivity contribution in [3.63, 3.8) is 0 Å². The second kappa shape index (κ2) is 5.83. The summed E-state index contributed by atoms with van der Waals surface area (Å²) in [6.07, 6.45) is 1.77. The van der Waals surface area contributed by atoms with Gasteiger partial charge in [0, 0.05) is 6.54 Å². The number of nitrogens with one attached hydrogen (secondary N) is 1. The Morgan fingerprint density at radius 1 is 1.19 bits per heavy atom. The van der Waals surface area contributed by atoms with Gasteiger partial charge in [0.15, 0.2) is 0 Å². The van der Waals surface area contributed by atoms with Gasteiger partial charge in [0.2, 0.25) is 0 Å². The lowest BCUT2D eigenvalue weighted by Gasteiger charge is -2.25. The van der Waals surface area contributed by atoms with Crippen molar-refractivity contribution in [3.8, 4) is 0 Å². The minimum absolute atomic E-state index is 0.669. The molecule has 1 aromatic heterocycles. The molecular formula is C13H23N3. The second-order valence-corrected chi connectivity index (χ2v) is 5.15. The van der Waals surface area contributed by atoms with E-state index in [9.17, 15) is 0 Å². The summed E-state index contributed by atoms with van der Waals surface area (Å²) in [6, 6.07) is 2.03. The van der Waals surface area contributed by atoms with Crippen LogP contribution in [0.1, 0.15) is 33.3 Å². The zero-order chi connectivity index (χ0) is 12.1. The summed E-state index contributed by atoms with van der Waals surface area (Å²) >= 11 is 0. The lowest BCUT2D eigenvalue weighted by molar-refractivity contribution is 0.304. The van der Waals surface area contributed by atoms with Crippen molar-refractivity contribution < 1.29 is 0 Å². The molecule has 1 N–H and O–H groups in total. The third-order valence-electron chi connectivity index (χ3n) is 3.02. The van der Waals surface area contributed by atoms with E-state index < -0.39 is 0 Å². The number of hydrogen-bond donors (Lipinski definition) is 1. The van der Waals surface area contributed by atoms with E-state index in [1.54, 1.807) is 6.20 Å². The van der Waals surface area contributed by atoms with Crippen LogP contribution in [-0.2, 0) is 0 Å². The molecule has 0 bridgehead atoms. The Balaban J connectivity index is 2.55. The molecule has 0 aliphatic rings. The molecule has 0 saturated carbocycles. The predicted molar refractivity (Wildman–Crippen MR) is 68.4 cm³/mol. The van der Waals surface area contributed by atoms with Gasteiger partial charge in [-0.05, 0) is 36.3 Å². The highest BCUT2D eigenvalue weighted by atomic mass is 15.2. The number of aryl methyl sites for hydroxylation is 1. The lowest BCUT2D eigenvalue weighted by Crippen LogP contribution is -2.24. The van der Waals surface area contributed by atoms with Crippen LogP contribution < -0.4 is 5.32 Å². The molecule has 0 amide bonds. The average molecular weight is 221 g/mol. The lowest BCUT2D eigenvalue weighted by atomic mass is 9.85. The maximum atomic E-state index is 4.07. The Morgan fingerprint density at radius 2 is 1.81 bits per heavy atom. The van der Waals surface area contributed by atoms with Crippen LogP contribution in [-0.4, -0.2) is 16.7 Å². The van der Waals surface area contributed by atoms with Gasteiger partial charge in [-0.15, -0.1) is 5.10 Å². The maximum absolute atomic E-state index is 4.07. The Labute approximate surface area is 98.7 Å². The zero-order valence-electron chi connectivity index (χ0n) is 11.0. The highest BCUT2D eigenvalue weighted by molar-refractivity contribution is 5.34. The molecule has 0 saturated heterocycles. The quantitative estimate of drug-likeness (QED) is 0.830. The largest absolute Gasteiger partial charge is 0.368 e. The highest BCUT2D eigenvalue weighted by Gasteiger charge is 2.17. The number of anilines is 1. The fourth-order valence-electron chi connectivity index (χ4n) is 2.01. The van der Waals surface area contributed by atoms with Crippen LogP contribution in [0.2, 0.25) is 0 Å². The van der Waals surface area contributed by atoms with Crippen molar-refractivity contribution in [1.82, 2.24) is 10.2 Å². The van der Waals surface area contributed by atoms with Crippen LogP contribution in [0.4, 0.5) is 5.82 Å². The van der Waals surface area contributed by atoms with E-state index in [0.29, 0.717) is 17.8 Å². The molecule has 1 aromatic rings. The maximum Gasteiger partial charge on any atom is 0.148 e. The molecule has 90 valence electrons. The molecular weight excluding hydrogens is 198 g/mol. The van der Waals surface area contributed by atoms with E-state index in [0.717, 1.165) is 17.9 Å². The van der Waals surface area contributed by atoms with E-state index in [1.807, 2.05) is 13.0 Å². The van der Waals surface area contributed by atoms with E-state index in [-0.39, 0.29) is 0 Å². The van der Waals surface area contributed by atoms with Gasteiger partial charge in [0.05, 0.1) is 6.20 Å². The third-order valence-corrected chi connectivity index (χ3v) is 3.02. The summed E-state index contributed by atoms with van der Waals surface area (Å²) in [6.45, 7) is 12.1. The molecule has 1 heterocycles. The molecule has 0 radical (unpaired) electrons. The average Bonchev–Trinajstić information content (AvgIpc) is 2.16. The molecule has 0 aromatic carbocycles. The van der Waals surface area contributed by atoms with Crippen molar-refractivity contribution in [1.29, 1.82) is 0 Å². The van der Waals surface area contributed by atoms with Gasteiger partial charge >= 0.3 is 0 Å². The molecule has 3 heteroatoms. The first kappa shape index (κ1) is 12.9. The van der Waals surface area contributed by atoms with Crippen molar-refractivity contribution >= 4 is 5.82 Å². The fraction of sp³-hybridized carbons (Fsp3) is 0.692. The standard InChI is InChI=1S/C13H23N3/c1-9(2)12(10(3)4)8-14-13-6-11(5)7-15-16-13/h6-7,9-10,12H,8H2,1-5H3,(H,14,16). The van der Waals surface area contributed by atoms with Crippen LogP contribution >= 0.6 is 0 Å². The number of rotatable bonds is 5. The molecule has 0 atom stereocenters. The van der Waals surface area contributed by atoms with Crippen LogP contribution in [0.25, 0.3) is 0 Å². The van der Waals surface area contributed by atoms with Gasteiger partial charge in [-0.25, -0.2) is 0 Å². The van der Waals surface area contributed by atoms with Gasteiger partial charge in [0.1, 0.15) is 5.82 Å². The van der Waals surface area contributed by atoms with Crippen LogP contribution in [0.5, 0.6) is 0 Å². The van der Waals surface area contributed by atoms with Gasteiger partial charge in [-0.3, -0.25) is 0 Å². The fourth-order valence-corrected chi connectivity index (χ4v) is 2.01. The number of hydrogen-bond acceptors (Lipinski definition) is 3. The van der Waals surface area contributed by atoms with E-state index in [2.05, 4.69) is 43.2 Å². The number of nitrogens with zero attached hydrogens (tertiary/aromatic N) is 2. The van der Waals surface area contributed by atoms with Crippen LogP contribution in [0.3, 0.4) is 0 Å². The number of aromatic nitrogens is 2. The van der Waals surface area contributed by atoms with Gasteiger partial charge in [-0.1, -0.05) is 27.7 Å². The first-order chi connectivity index (χ1) is 7.50. The summed E-state index contributed by atoms with van der Waals surface area (Å²) in [7, 11) is 0. The van der Waals surface area contributed by atoms with Crippen molar-refractivity contribution in [2.75, 3.05) is 11.9 Å². The van der Waals surface area contributed by atoms with Crippen LogP contribution in [0, 0.1) is 24.7 Å². The summed E-state index contributed by atoms with van der Waals surface area (Å²) in [5, 5.41) is 11.4. The summed E-state index contributed by atoms with van der Waals surface area (Å²) in [4.78, 5) is 0. The molecule has 0 fully saturated rings. The van der Waals surface area contributed by atoms with Crippen molar-refractivity contribution in [3.05, 3.63) is 17.8 Å². The summed E-state index contributed by atoms with van der Waals surface area (Å²) < 4.78 is 0. The molecule has 0 aliphatic carbocycles. The Hall–Kier alpha value is -1.12. The first-order valence-electron chi connectivity index (χ1n) is 6.04. The smallest absolute Gasteiger partial charge is 0.148 e. The van der Waals surface area contributed by atoms with Crippen molar-refractivity contribution in [2.24, 2.45) is 17.8 Å². The van der Waals surface area contributed by atoms with E-state index in [1.165, 1.54) is 0 Å². The van der Waals surface area contributed by atoms with E-state index >= 15 is 0 Å². The Bertz CT molecular complexity index is 313. The topological polar surface area (TPSA) is 37.8 Å². The highest BCUT2D eigenvalue weighted by Crippen LogP contribution is 2.20. The molecule has 1 rings (SSSR count). The first-order valence-corrected chi connectivity index (χ1v) is 6.04. The normalized spacial score (nSPS) is 11.5. The Morgan fingerprint density at radius 3 is 2.31 bits per heavy atom. The predicted octanol–water partition coefficient (Wildman–Crippen LogP) is 3.13. The molecule has 16 heavy (non-hydrogen) atoms. The minimum atomic E-state index is 0.669. The molecule has 0 spiro atoms. The van der Waals surface area contributed by atoms with Crippen molar-refractivity contribution in [2.45, 2.75) is 34.6 Å². The molecule has 0 unspecified atom stereocenters.